The fourth-order valence-corrected chi connectivity index (χ4v) is 4.39. The molecule has 7 nitrogen and oxygen atoms in total. The molecule has 0 aromatic heterocycles. The minimum atomic E-state index is -4.71. The van der Waals surface area contributed by atoms with Gasteiger partial charge in [0.2, 0.25) is 21.8 Å². The minimum Gasteiger partial charge on any atom is -0.357 e. The van der Waals surface area contributed by atoms with Crippen molar-refractivity contribution in [3.8, 4) is 0 Å². The van der Waals surface area contributed by atoms with Crippen molar-refractivity contribution in [3.05, 3.63) is 63.6 Å². The van der Waals surface area contributed by atoms with Crippen molar-refractivity contribution in [2.45, 2.75) is 25.7 Å². The summed E-state index contributed by atoms with van der Waals surface area (Å²) >= 11 is 12.1. The molecule has 0 heterocycles. The van der Waals surface area contributed by atoms with Crippen molar-refractivity contribution in [2.75, 3.05) is 24.2 Å². The maximum atomic E-state index is 13.2. The molecule has 0 aliphatic heterocycles. The predicted octanol–water partition coefficient (Wildman–Crippen LogP) is 3.94. The van der Waals surface area contributed by atoms with Gasteiger partial charge in [-0.1, -0.05) is 35.3 Å². The second-order valence-corrected chi connectivity index (χ2v) is 10.1. The molecule has 0 saturated heterocycles. The second kappa shape index (κ2) is 10.8. The first-order valence-corrected chi connectivity index (χ1v) is 12.4. The van der Waals surface area contributed by atoms with Crippen LogP contribution in [0.1, 0.15) is 18.1 Å². The van der Waals surface area contributed by atoms with Crippen LogP contribution in [0.4, 0.5) is 18.9 Å². The second-order valence-electron chi connectivity index (χ2n) is 7.37. The summed E-state index contributed by atoms with van der Waals surface area (Å²) in [4.78, 5) is 26.6. The summed E-state index contributed by atoms with van der Waals surface area (Å²) < 4.78 is 64.8. The lowest BCUT2D eigenvalue weighted by molar-refractivity contribution is -0.139. The summed E-state index contributed by atoms with van der Waals surface area (Å²) in [7, 11) is -2.81. The Balaban J connectivity index is 2.46. The van der Waals surface area contributed by atoms with Crippen LogP contribution >= 0.6 is 23.2 Å². The van der Waals surface area contributed by atoms with Gasteiger partial charge in [0.1, 0.15) is 12.6 Å². The summed E-state index contributed by atoms with van der Waals surface area (Å²) in [5.41, 5.74) is -0.988. The van der Waals surface area contributed by atoms with E-state index >= 15 is 0 Å². The van der Waals surface area contributed by atoms with E-state index in [9.17, 15) is 31.2 Å². The number of alkyl halides is 3. The molecule has 0 aliphatic carbocycles. The molecule has 0 radical (unpaired) electrons. The van der Waals surface area contributed by atoms with Crippen molar-refractivity contribution in [1.82, 2.24) is 10.2 Å². The van der Waals surface area contributed by atoms with Crippen molar-refractivity contribution < 1.29 is 31.2 Å². The number of likely N-dealkylation sites (N-methyl/N-ethyl adjacent to an activating group) is 1. The average Bonchev–Trinajstić information content (AvgIpc) is 2.74. The normalized spacial score (nSPS) is 12.7. The Morgan fingerprint density at radius 3 is 2.29 bits per heavy atom. The fraction of sp³-hybridized carbons (Fsp3) is 0.333. The molecule has 0 saturated carbocycles. The first-order chi connectivity index (χ1) is 15.6. The zero-order chi connectivity index (χ0) is 25.8. The van der Waals surface area contributed by atoms with Crippen LogP contribution in [0, 0.1) is 0 Å². The van der Waals surface area contributed by atoms with Gasteiger partial charge in [0.25, 0.3) is 0 Å². The largest absolute Gasteiger partial charge is 0.416 e. The Bertz CT molecular complexity index is 1180. The van der Waals surface area contributed by atoms with E-state index in [-0.39, 0.29) is 17.3 Å². The van der Waals surface area contributed by atoms with Gasteiger partial charge in [-0.3, -0.25) is 13.9 Å². The van der Waals surface area contributed by atoms with Crippen molar-refractivity contribution in [2.24, 2.45) is 0 Å². The Morgan fingerprint density at radius 1 is 1.12 bits per heavy atom. The number of hydrogen-bond donors (Lipinski definition) is 1. The van der Waals surface area contributed by atoms with Crippen LogP contribution in [0.5, 0.6) is 0 Å². The van der Waals surface area contributed by atoms with Crippen LogP contribution in [0.2, 0.25) is 10.0 Å². The van der Waals surface area contributed by atoms with Gasteiger partial charge in [-0.25, -0.2) is 8.42 Å². The predicted molar refractivity (Wildman–Crippen MR) is 124 cm³/mol. The monoisotopic (exact) mass is 539 g/mol. The first-order valence-electron chi connectivity index (χ1n) is 9.75. The van der Waals surface area contributed by atoms with Gasteiger partial charge in [0, 0.05) is 23.6 Å². The Kier molecular flexibility index (Phi) is 8.84. The highest BCUT2D eigenvalue weighted by atomic mass is 35.5. The molecule has 1 N–H and O–H groups in total. The van der Waals surface area contributed by atoms with Crippen molar-refractivity contribution in [3.63, 3.8) is 0 Å². The third kappa shape index (κ3) is 7.00. The maximum absolute atomic E-state index is 13.2. The average molecular weight is 540 g/mol. The fourth-order valence-electron chi connectivity index (χ4n) is 3.08. The lowest BCUT2D eigenvalue weighted by atomic mass is 10.1. The molecule has 13 heteroatoms. The van der Waals surface area contributed by atoms with Gasteiger partial charge >= 0.3 is 6.18 Å². The third-order valence-electron chi connectivity index (χ3n) is 4.91. The number of anilines is 1. The third-order valence-corrected chi connectivity index (χ3v) is 6.64. The number of carbonyl (C=O) groups excluding carboxylic acids is 2. The Hall–Kier alpha value is -2.50. The van der Waals surface area contributed by atoms with E-state index in [1.165, 1.54) is 26.1 Å². The van der Waals surface area contributed by atoms with E-state index in [1.807, 2.05) is 0 Å². The SMILES string of the molecule is CNC(=O)[C@H](C)N(Cc1ccc(Cl)cc1Cl)C(=O)CN(c1cccc(C(F)(F)F)c1)S(C)(=O)=O. The number of nitrogens with zero attached hydrogens (tertiary/aromatic N) is 2. The molecular formula is C21H22Cl2F3N3O4S. The quantitative estimate of drug-likeness (QED) is 0.550. The van der Waals surface area contributed by atoms with Gasteiger partial charge in [-0.2, -0.15) is 13.2 Å². The van der Waals surface area contributed by atoms with E-state index in [1.54, 1.807) is 6.07 Å². The number of halogens is 5. The highest BCUT2D eigenvalue weighted by molar-refractivity contribution is 7.92. The molecule has 0 spiro atoms. The van der Waals surface area contributed by atoms with E-state index in [4.69, 9.17) is 23.2 Å². The summed E-state index contributed by atoms with van der Waals surface area (Å²) in [6.45, 7) is 0.409. The minimum absolute atomic E-state index is 0.177. The van der Waals surface area contributed by atoms with Gasteiger partial charge < -0.3 is 10.2 Å². The Labute approximate surface area is 205 Å². The van der Waals surface area contributed by atoms with Gasteiger partial charge in [-0.15, -0.1) is 0 Å². The zero-order valence-corrected chi connectivity index (χ0v) is 20.7. The van der Waals surface area contributed by atoms with E-state index in [0.717, 1.165) is 29.4 Å². The molecule has 2 amide bonds. The lowest BCUT2D eigenvalue weighted by Crippen LogP contribution is -2.50. The van der Waals surface area contributed by atoms with Crippen LogP contribution in [0.15, 0.2) is 42.5 Å². The molecule has 0 unspecified atom stereocenters. The number of amides is 2. The number of carbonyl (C=O) groups is 2. The summed E-state index contributed by atoms with van der Waals surface area (Å²) in [6.07, 6.45) is -3.95. The Morgan fingerprint density at radius 2 is 1.76 bits per heavy atom. The van der Waals surface area contributed by atoms with Crippen LogP contribution in [0.3, 0.4) is 0 Å². The lowest BCUT2D eigenvalue weighted by Gasteiger charge is -2.31. The molecule has 1 atom stereocenters. The maximum Gasteiger partial charge on any atom is 0.416 e. The van der Waals surface area contributed by atoms with E-state index < -0.39 is 46.2 Å². The van der Waals surface area contributed by atoms with Crippen LogP contribution in [-0.4, -0.2) is 51.0 Å². The molecule has 0 bridgehead atoms. The van der Waals surface area contributed by atoms with Crippen molar-refractivity contribution >= 4 is 50.7 Å². The smallest absolute Gasteiger partial charge is 0.357 e. The summed E-state index contributed by atoms with van der Waals surface area (Å²) in [6, 6.07) is 7.07. The van der Waals surface area contributed by atoms with Crippen molar-refractivity contribution in [1.29, 1.82) is 0 Å². The number of hydrogen-bond acceptors (Lipinski definition) is 4. The topological polar surface area (TPSA) is 86.8 Å². The molecule has 2 aromatic rings. The number of nitrogens with one attached hydrogen (secondary N) is 1. The van der Waals surface area contributed by atoms with Crippen LogP contribution < -0.4 is 9.62 Å². The molecule has 186 valence electrons. The standard InChI is InChI=1S/C21H22Cl2F3N3O4S/c1-13(20(31)27-2)28(11-14-7-8-16(22)10-18(14)23)19(30)12-29(34(3,32)33)17-6-4-5-15(9-17)21(24,25)26/h4-10,13H,11-12H2,1-3H3,(H,27,31)/t13-/m0/s1. The van der Waals surface area contributed by atoms with E-state index in [2.05, 4.69) is 5.32 Å². The summed E-state index contributed by atoms with van der Waals surface area (Å²) in [5.74, 6) is -1.37. The number of rotatable bonds is 8. The van der Waals surface area contributed by atoms with Gasteiger partial charge in [0.05, 0.1) is 17.5 Å². The highest BCUT2D eigenvalue weighted by Crippen LogP contribution is 2.32. The zero-order valence-electron chi connectivity index (χ0n) is 18.4. The highest BCUT2D eigenvalue weighted by Gasteiger charge is 2.33. The molecule has 0 aliphatic rings. The van der Waals surface area contributed by atoms with Gasteiger partial charge in [0.15, 0.2) is 0 Å². The van der Waals surface area contributed by atoms with Gasteiger partial charge in [-0.05, 0) is 42.8 Å². The molecule has 34 heavy (non-hydrogen) atoms. The molecule has 2 rings (SSSR count). The first kappa shape index (κ1) is 27.7. The number of benzene rings is 2. The van der Waals surface area contributed by atoms with Crippen LogP contribution in [-0.2, 0) is 32.3 Å². The molecular weight excluding hydrogens is 518 g/mol. The molecule has 0 fully saturated rings. The van der Waals surface area contributed by atoms with E-state index in [0.29, 0.717) is 21.0 Å². The number of sulfonamides is 1. The molecule has 2 aromatic carbocycles. The summed E-state index contributed by atoms with van der Waals surface area (Å²) in [5, 5.41) is 2.97. The van der Waals surface area contributed by atoms with Crippen LogP contribution in [0.25, 0.3) is 0 Å².